The molecular weight excluding hydrogens is 334 g/mol. The van der Waals surface area contributed by atoms with Crippen LogP contribution in [-0.2, 0) is 11.3 Å². The summed E-state index contributed by atoms with van der Waals surface area (Å²) in [6.07, 6.45) is 0. The molecule has 0 saturated carbocycles. The molecule has 0 aliphatic heterocycles. The molecule has 2 aromatic rings. The summed E-state index contributed by atoms with van der Waals surface area (Å²) in [4.78, 5) is 8.64. The molecule has 0 amide bonds. The van der Waals surface area contributed by atoms with Crippen LogP contribution in [0.4, 0.5) is 17.3 Å². The van der Waals surface area contributed by atoms with E-state index < -0.39 is 0 Å². The van der Waals surface area contributed by atoms with Crippen molar-refractivity contribution >= 4 is 33.3 Å². The molecule has 0 bridgehead atoms. The van der Waals surface area contributed by atoms with E-state index in [1.54, 1.807) is 26.3 Å². The van der Waals surface area contributed by atoms with Crippen LogP contribution in [0.3, 0.4) is 0 Å². The molecule has 1 aromatic heterocycles. The molecule has 7 heteroatoms. The second-order valence-corrected chi connectivity index (χ2v) is 5.08. The van der Waals surface area contributed by atoms with E-state index in [4.69, 9.17) is 10.00 Å². The van der Waals surface area contributed by atoms with E-state index >= 15 is 0 Å². The van der Waals surface area contributed by atoms with E-state index in [9.17, 15) is 0 Å². The van der Waals surface area contributed by atoms with Gasteiger partial charge in [-0.2, -0.15) is 5.26 Å². The summed E-state index contributed by atoms with van der Waals surface area (Å²) in [5.74, 6) is 1.82. The Morgan fingerprint density at radius 3 is 2.71 bits per heavy atom. The topological polar surface area (TPSA) is 82.9 Å². The van der Waals surface area contributed by atoms with E-state index in [1.807, 2.05) is 12.1 Å². The van der Waals surface area contributed by atoms with Gasteiger partial charge in [-0.3, -0.25) is 0 Å². The van der Waals surface area contributed by atoms with Gasteiger partial charge in [-0.1, -0.05) is 15.9 Å². The van der Waals surface area contributed by atoms with Gasteiger partial charge in [0, 0.05) is 24.7 Å². The summed E-state index contributed by atoms with van der Waals surface area (Å²) in [6.45, 7) is 0.313. The fourth-order valence-electron chi connectivity index (χ4n) is 1.74. The number of benzene rings is 1. The Bertz CT molecular complexity index is 684. The number of methoxy groups -OCH3 is 1. The third kappa shape index (κ3) is 3.90. The molecule has 0 atom stereocenters. The van der Waals surface area contributed by atoms with Crippen LogP contribution in [-0.4, -0.2) is 24.1 Å². The minimum atomic E-state index is 0.313. The van der Waals surface area contributed by atoms with Gasteiger partial charge in [0.15, 0.2) is 5.82 Å². The third-order valence-corrected chi connectivity index (χ3v) is 3.16. The summed E-state index contributed by atoms with van der Waals surface area (Å²) >= 11 is 3.39. The highest BCUT2D eigenvalue weighted by Crippen LogP contribution is 2.24. The zero-order valence-corrected chi connectivity index (χ0v) is 13.2. The Morgan fingerprint density at radius 2 is 2.05 bits per heavy atom. The first-order valence-corrected chi connectivity index (χ1v) is 6.97. The van der Waals surface area contributed by atoms with Gasteiger partial charge in [-0.25, -0.2) is 9.97 Å². The van der Waals surface area contributed by atoms with Crippen molar-refractivity contribution in [3.05, 3.63) is 40.1 Å². The lowest BCUT2D eigenvalue weighted by molar-refractivity contribution is 0.178. The molecule has 6 nitrogen and oxygen atoms in total. The van der Waals surface area contributed by atoms with Crippen LogP contribution in [0.1, 0.15) is 11.4 Å². The van der Waals surface area contributed by atoms with Gasteiger partial charge in [0.2, 0.25) is 0 Å². The number of halogens is 1. The van der Waals surface area contributed by atoms with Crippen molar-refractivity contribution in [2.45, 2.75) is 6.61 Å². The number of rotatable bonds is 5. The first-order chi connectivity index (χ1) is 10.2. The molecule has 0 aliphatic carbocycles. The number of nitriles is 1. The maximum atomic E-state index is 9.16. The number of ether oxygens (including phenoxy) is 1. The normalized spacial score (nSPS) is 10.0. The van der Waals surface area contributed by atoms with E-state index in [0.29, 0.717) is 35.3 Å². The van der Waals surface area contributed by atoms with Crippen molar-refractivity contribution < 1.29 is 4.74 Å². The predicted molar refractivity (Wildman–Crippen MR) is 84.4 cm³/mol. The Hall–Kier alpha value is -2.17. The first kappa shape index (κ1) is 15.2. The summed E-state index contributed by atoms with van der Waals surface area (Å²) in [6, 6.07) is 9.30. The number of nitrogens with zero attached hydrogens (tertiary/aromatic N) is 3. The molecule has 1 heterocycles. The number of anilines is 3. The fourth-order valence-corrected chi connectivity index (χ4v) is 2.10. The van der Waals surface area contributed by atoms with Gasteiger partial charge in [0.1, 0.15) is 24.3 Å². The third-order valence-electron chi connectivity index (χ3n) is 2.67. The Balaban J connectivity index is 2.37. The van der Waals surface area contributed by atoms with Crippen LogP contribution in [0.15, 0.2) is 28.7 Å². The van der Waals surface area contributed by atoms with Crippen molar-refractivity contribution in [3.63, 3.8) is 0 Å². The maximum Gasteiger partial charge on any atom is 0.158 e. The van der Waals surface area contributed by atoms with Crippen molar-refractivity contribution in [2.75, 3.05) is 24.8 Å². The zero-order valence-electron chi connectivity index (χ0n) is 11.6. The molecular formula is C14H14BrN5O. The molecule has 0 spiro atoms. The summed E-state index contributed by atoms with van der Waals surface area (Å²) in [7, 11) is 3.37. The molecule has 2 rings (SSSR count). The number of nitrogens with one attached hydrogen (secondary N) is 2. The Labute approximate surface area is 131 Å². The minimum Gasteiger partial charge on any atom is -0.377 e. The van der Waals surface area contributed by atoms with E-state index in [0.717, 1.165) is 4.47 Å². The summed E-state index contributed by atoms with van der Waals surface area (Å²) in [5.41, 5.74) is 1.21. The largest absolute Gasteiger partial charge is 0.377 e. The second kappa shape index (κ2) is 7.02. The van der Waals surface area contributed by atoms with Gasteiger partial charge in [-0.15, -0.1) is 0 Å². The molecule has 0 aliphatic rings. The smallest absolute Gasteiger partial charge is 0.158 e. The van der Waals surface area contributed by atoms with Crippen molar-refractivity contribution in [2.24, 2.45) is 0 Å². The van der Waals surface area contributed by atoms with Crippen LogP contribution in [0, 0.1) is 11.3 Å². The number of aromatic nitrogens is 2. The maximum absolute atomic E-state index is 9.16. The zero-order chi connectivity index (χ0) is 15.2. The molecule has 108 valence electrons. The molecule has 0 unspecified atom stereocenters. The van der Waals surface area contributed by atoms with E-state index in [1.165, 1.54) is 0 Å². The molecule has 0 radical (unpaired) electrons. The highest BCUT2D eigenvalue weighted by molar-refractivity contribution is 9.10. The van der Waals surface area contributed by atoms with Gasteiger partial charge >= 0.3 is 0 Å². The standard InChI is InChI=1S/C14H14BrN5O/c1-17-12-6-13(20-14(19-12)8-21-2)18-11-5-10(15)4-3-9(11)7-16/h3-6H,8H2,1-2H3,(H2,17,18,19,20). The lowest BCUT2D eigenvalue weighted by Gasteiger charge is -2.11. The SMILES string of the molecule is CNc1cc(Nc2cc(Br)ccc2C#N)nc(COC)n1. The van der Waals surface area contributed by atoms with Crippen molar-refractivity contribution in [1.82, 2.24) is 9.97 Å². The summed E-state index contributed by atoms with van der Waals surface area (Å²) < 4.78 is 5.93. The summed E-state index contributed by atoms with van der Waals surface area (Å²) in [5, 5.41) is 15.3. The van der Waals surface area contributed by atoms with Crippen LogP contribution in [0.25, 0.3) is 0 Å². The van der Waals surface area contributed by atoms with Crippen LogP contribution in [0.2, 0.25) is 0 Å². The van der Waals surface area contributed by atoms with Crippen LogP contribution in [0.5, 0.6) is 0 Å². The van der Waals surface area contributed by atoms with E-state index in [-0.39, 0.29) is 0 Å². The lowest BCUT2D eigenvalue weighted by Crippen LogP contribution is -2.05. The average Bonchev–Trinajstić information content (AvgIpc) is 2.47. The van der Waals surface area contributed by atoms with Gasteiger partial charge in [0.05, 0.1) is 11.3 Å². The molecule has 21 heavy (non-hydrogen) atoms. The monoisotopic (exact) mass is 347 g/mol. The molecule has 2 N–H and O–H groups in total. The molecule has 0 fully saturated rings. The van der Waals surface area contributed by atoms with Crippen LogP contribution >= 0.6 is 15.9 Å². The fraction of sp³-hybridized carbons (Fsp3) is 0.214. The minimum absolute atomic E-state index is 0.313. The average molecular weight is 348 g/mol. The number of hydrogen-bond acceptors (Lipinski definition) is 6. The highest BCUT2D eigenvalue weighted by atomic mass is 79.9. The number of hydrogen-bond donors (Lipinski definition) is 2. The molecule has 0 saturated heterocycles. The van der Waals surface area contributed by atoms with Crippen molar-refractivity contribution in [3.8, 4) is 6.07 Å². The second-order valence-electron chi connectivity index (χ2n) is 4.16. The predicted octanol–water partition coefficient (Wildman–Crippen LogP) is 3.04. The Morgan fingerprint density at radius 1 is 1.29 bits per heavy atom. The quantitative estimate of drug-likeness (QED) is 0.864. The van der Waals surface area contributed by atoms with E-state index in [2.05, 4.69) is 42.6 Å². The van der Waals surface area contributed by atoms with Crippen molar-refractivity contribution in [1.29, 1.82) is 5.26 Å². The van der Waals surface area contributed by atoms with Gasteiger partial charge in [-0.05, 0) is 18.2 Å². The highest BCUT2D eigenvalue weighted by Gasteiger charge is 2.07. The Kier molecular flexibility index (Phi) is 5.09. The first-order valence-electron chi connectivity index (χ1n) is 6.17. The molecule has 1 aromatic carbocycles. The van der Waals surface area contributed by atoms with Gasteiger partial charge < -0.3 is 15.4 Å². The lowest BCUT2D eigenvalue weighted by atomic mass is 10.2. The van der Waals surface area contributed by atoms with Crippen LogP contribution < -0.4 is 10.6 Å². The van der Waals surface area contributed by atoms with Gasteiger partial charge in [0.25, 0.3) is 0 Å².